The molecule has 1 N–H and O–H groups in total. The Hall–Kier alpha value is -2.48. The summed E-state index contributed by atoms with van der Waals surface area (Å²) in [5, 5.41) is 2.59. The van der Waals surface area contributed by atoms with Crippen molar-refractivity contribution in [2.75, 3.05) is 6.61 Å². The fraction of sp³-hybridized carbons (Fsp3) is 0.286. The molecule has 2 saturated heterocycles. The van der Waals surface area contributed by atoms with Crippen molar-refractivity contribution < 1.29 is 14.3 Å². The largest absolute Gasteiger partial charge is 0.447 e. The van der Waals surface area contributed by atoms with Crippen molar-refractivity contribution in [1.82, 2.24) is 10.2 Å². The quantitative estimate of drug-likeness (QED) is 0.625. The first-order chi connectivity index (χ1) is 9.22. The molecule has 0 bridgehead atoms. The Balaban J connectivity index is 1.92. The number of amides is 2. The van der Waals surface area contributed by atoms with E-state index in [1.807, 2.05) is 30.3 Å². The summed E-state index contributed by atoms with van der Waals surface area (Å²) in [5.74, 6) is 2.24. The molecule has 3 atom stereocenters. The van der Waals surface area contributed by atoms with E-state index >= 15 is 0 Å². The predicted octanol–water partition coefficient (Wildman–Crippen LogP) is 0.680. The highest BCUT2D eigenvalue weighted by Crippen LogP contribution is 2.32. The van der Waals surface area contributed by atoms with Gasteiger partial charge in [-0.2, -0.15) is 0 Å². The molecule has 2 unspecified atom stereocenters. The summed E-state index contributed by atoms with van der Waals surface area (Å²) in [6.07, 6.45) is 4.85. The molecule has 0 aromatic heterocycles. The van der Waals surface area contributed by atoms with Gasteiger partial charge in [0.15, 0.2) is 0 Å². The number of nitrogens with zero attached hydrogens (tertiary/aromatic N) is 1. The zero-order valence-electron chi connectivity index (χ0n) is 10.1. The smallest absolute Gasteiger partial charge is 0.411 e. The lowest BCUT2D eigenvalue weighted by Crippen LogP contribution is -2.69. The van der Waals surface area contributed by atoms with Crippen molar-refractivity contribution in [3.8, 4) is 12.3 Å². The molecule has 0 saturated carbocycles. The lowest BCUT2D eigenvalue weighted by molar-refractivity contribution is -0.134. The maximum atomic E-state index is 11.9. The summed E-state index contributed by atoms with van der Waals surface area (Å²) in [5.41, 5.74) is 0.934. The molecule has 2 aliphatic rings. The van der Waals surface area contributed by atoms with E-state index in [0.29, 0.717) is 0 Å². The first-order valence-electron chi connectivity index (χ1n) is 5.99. The van der Waals surface area contributed by atoms with Gasteiger partial charge < -0.3 is 10.1 Å². The number of benzene rings is 1. The van der Waals surface area contributed by atoms with Crippen LogP contribution in [-0.2, 0) is 9.53 Å². The fourth-order valence-electron chi connectivity index (χ4n) is 2.46. The molecule has 19 heavy (non-hydrogen) atoms. The molecule has 96 valence electrons. The SMILES string of the molecule is C#CC1NC(=O)C1N1C(=O)OC[C@@H]1c1ccccc1. The predicted molar refractivity (Wildman–Crippen MR) is 66.9 cm³/mol. The Bertz CT molecular complexity index is 564. The van der Waals surface area contributed by atoms with Gasteiger partial charge in [-0.3, -0.25) is 9.69 Å². The van der Waals surface area contributed by atoms with Crippen LogP contribution in [0.4, 0.5) is 4.79 Å². The minimum Gasteiger partial charge on any atom is -0.447 e. The average Bonchev–Trinajstić information content (AvgIpc) is 2.79. The second kappa shape index (κ2) is 4.32. The number of ether oxygens (including phenoxy) is 1. The molecule has 1 aromatic rings. The number of hydrogen-bond donors (Lipinski definition) is 1. The van der Waals surface area contributed by atoms with Gasteiger partial charge in [0.2, 0.25) is 5.91 Å². The fourth-order valence-corrected chi connectivity index (χ4v) is 2.46. The normalized spacial score (nSPS) is 29.2. The number of hydrogen-bond acceptors (Lipinski definition) is 3. The molecule has 2 heterocycles. The number of carbonyl (C=O) groups excluding carboxylic acids is 2. The van der Waals surface area contributed by atoms with E-state index in [-0.39, 0.29) is 18.6 Å². The third-order valence-corrected chi connectivity index (χ3v) is 3.46. The summed E-state index contributed by atoms with van der Waals surface area (Å²) in [7, 11) is 0. The number of rotatable bonds is 2. The van der Waals surface area contributed by atoms with E-state index in [0.717, 1.165) is 5.56 Å². The second-order valence-electron chi connectivity index (χ2n) is 4.51. The van der Waals surface area contributed by atoms with Gasteiger partial charge in [-0.1, -0.05) is 36.3 Å². The van der Waals surface area contributed by atoms with E-state index in [1.54, 1.807) is 0 Å². The van der Waals surface area contributed by atoms with Crippen LogP contribution in [-0.4, -0.2) is 35.6 Å². The van der Waals surface area contributed by atoms with Crippen LogP contribution in [0.25, 0.3) is 0 Å². The Morgan fingerprint density at radius 2 is 2.05 bits per heavy atom. The van der Waals surface area contributed by atoms with Crippen LogP contribution in [0.5, 0.6) is 0 Å². The van der Waals surface area contributed by atoms with Gasteiger partial charge >= 0.3 is 6.09 Å². The maximum absolute atomic E-state index is 11.9. The minimum atomic E-state index is -0.634. The summed E-state index contributed by atoms with van der Waals surface area (Å²) < 4.78 is 5.07. The second-order valence-corrected chi connectivity index (χ2v) is 4.51. The standard InChI is InChI=1S/C14H12N2O3/c1-2-10-12(13(17)15-10)16-11(8-19-14(16)18)9-6-4-3-5-7-9/h1,3-7,10-12H,8H2,(H,15,17)/t10?,11-,12?/m1/s1. The van der Waals surface area contributed by atoms with Crippen molar-refractivity contribution in [1.29, 1.82) is 0 Å². The highest BCUT2D eigenvalue weighted by Gasteiger charge is 2.50. The topological polar surface area (TPSA) is 58.6 Å². The first kappa shape index (κ1) is 11.6. The van der Waals surface area contributed by atoms with Crippen molar-refractivity contribution in [2.45, 2.75) is 18.1 Å². The van der Waals surface area contributed by atoms with Crippen molar-refractivity contribution in [3.63, 3.8) is 0 Å². The minimum absolute atomic E-state index is 0.234. The third-order valence-electron chi connectivity index (χ3n) is 3.46. The first-order valence-corrected chi connectivity index (χ1v) is 5.99. The van der Waals surface area contributed by atoms with Crippen LogP contribution in [0.2, 0.25) is 0 Å². The van der Waals surface area contributed by atoms with E-state index in [4.69, 9.17) is 11.2 Å². The summed E-state index contributed by atoms with van der Waals surface area (Å²) >= 11 is 0. The Morgan fingerprint density at radius 1 is 1.32 bits per heavy atom. The van der Waals surface area contributed by atoms with Crippen molar-refractivity contribution in [2.24, 2.45) is 0 Å². The average molecular weight is 256 g/mol. The summed E-state index contributed by atoms with van der Waals surface area (Å²) in [6, 6.07) is 8.13. The summed E-state index contributed by atoms with van der Waals surface area (Å²) in [6.45, 7) is 0.240. The highest BCUT2D eigenvalue weighted by molar-refractivity contribution is 5.93. The van der Waals surface area contributed by atoms with Crippen LogP contribution in [0.1, 0.15) is 11.6 Å². The molecule has 2 aliphatic heterocycles. The molecule has 3 rings (SSSR count). The Morgan fingerprint density at radius 3 is 2.68 bits per heavy atom. The van der Waals surface area contributed by atoms with Crippen LogP contribution < -0.4 is 5.32 Å². The molecule has 2 amide bonds. The summed E-state index contributed by atoms with van der Waals surface area (Å²) in [4.78, 5) is 25.0. The molecule has 0 spiro atoms. The highest BCUT2D eigenvalue weighted by atomic mass is 16.6. The van der Waals surface area contributed by atoms with Crippen LogP contribution in [0.3, 0.4) is 0 Å². The van der Waals surface area contributed by atoms with E-state index in [9.17, 15) is 9.59 Å². The molecule has 2 fully saturated rings. The zero-order chi connectivity index (χ0) is 13.4. The molecule has 1 aromatic carbocycles. The number of terminal acetylenes is 1. The molecule has 0 radical (unpaired) electrons. The van der Waals surface area contributed by atoms with Crippen LogP contribution in [0, 0.1) is 12.3 Å². The van der Waals surface area contributed by atoms with Gasteiger partial charge in [0.05, 0.1) is 6.04 Å². The van der Waals surface area contributed by atoms with Crippen LogP contribution in [0.15, 0.2) is 30.3 Å². The third kappa shape index (κ3) is 1.73. The van der Waals surface area contributed by atoms with Gasteiger partial charge in [0.25, 0.3) is 0 Å². The molecular weight excluding hydrogens is 244 g/mol. The van der Waals surface area contributed by atoms with Crippen LogP contribution >= 0.6 is 0 Å². The van der Waals surface area contributed by atoms with Crippen molar-refractivity contribution >= 4 is 12.0 Å². The lowest BCUT2D eigenvalue weighted by Gasteiger charge is -2.40. The monoisotopic (exact) mass is 256 g/mol. The molecule has 5 nitrogen and oxygen atoms in total. The molecule has 0 aliphatic carbocycles. The number of carbonyl (C=O) groups is 2. The maximum Gasteiger partial charge on any atom is 0.411 e. The van der Waals surface area contributed by atoms with Gasteiger partial charge in [-0.25, -0.2) is 4.79 Å². The van der Waals surface area contributed by atoms with Gasteiger partial charge in [0, 0.05) is 0 Å². The van der Waals surface area contributed by atoms with Gasteiger partial charge in [-0.05, 0) is 5.56 Å². The lowest BCUT2D eigenvalue weighted by atomic mass is 9.95. The van der Waals surface area contributed by atoms with Crippen molar-refractivity contribution in [3.05, 3.63) is 35.9 Å². The number of β-lactam (4-membered cyclic amide) rings is 1. The van der Waals surface area contributed by atoms with E-state index in [1.165, 1.54) is 4.90 Å². The van der Waals surface area contributed by atoms with E-state index in [2.05, 4.69) is 11.2 Å². The van der Waals surface area contributed by atoms with E-state index < -0.39 is 18.2 Å². The zero-order valence-corrected chi connectivity index (χ0v) is 10.1. The molecule has 5 heteroatoms. The Kier molecular flexibility index (Phi) is 2.64. The van der Waals surface area contributed by atoms with Gasteiger partial charge in [0.1, 0.15) is 18.7 Å². The number of nitrogens with one attached hydrogen (secondary N) is 1. The molecular formula is C14H12N2O3. The Labute approximate surface area is 110 Å². The number of cyclic esters (lactones) is 1. The van der Waals surface area contributed by atoms with Gasteiger partial charge in [-0.15, -0.1) is 6.42 Å².